The van der Waals surface area contributed by atoms with Crippen LogP contribution in [0.15, 0.2) is 53.4 Å². The number of likely N-dealkylation sites (tertiary alicyclic amines) is 1. The summed E-state index contributed by atoms with van der Waals surface area (Å²) in [5.41, 5.74) is 0.383. The van der Waals surface area contributed by atoms with Gasteiger partial charge in [0.25, 0.3) is 5.91 Å². The predicted molar refractivity (Wildman–Crippen MR) is 110 cm³/mol. The third-order valence-corrected chi connectivity index (χ3v) is 7.52. The SMILES string of the molecule is O=C(c1cccc(S(=O)(=O)N2CCCC2)c1)N1CCC(Oc2ccc(F)cc2)CC1. The van der Waals surface area contributed by atoms with E-state index < -0.39 is 10.0 Å². The average Bonchev–Trinajstić information content (AvgIpc) is 3.31. The van der Waals surface area contributed by atoms with Crippen LogP contribution >= 0.6 is 0 Å². The number of rotatable bonds is 5. The van der Waals surface area contributed by atoms with Crippen molar-refractivity contribution in [3.05, 3.63) is 59.9 Å². The van der Waals surface area contributed by atoms with Crippen LogP contribution in [0.1, 0.15) is 36.0 Å². The second-order valence-corrected chi connectivity index (χ2v) is 9.64. The average molecular weight is 433 g/mol. The first-order chi connectivity index (χ1) is 14.4. The first-order valence-electron chi connectivity index (χ1n) is 10.3. The fourth-order valence-corrected chi connectivity index (χ4v) is 5.50. The maximum atomic E-state index is 13.0. The van der Waals surface area contributed by atoms with E-state index in [1.165, 1.54) is 22.5 Å². The van der Waals surface area contributed by atoms with Crippen LogP contribution in [0.4, 0.5) is 4.39 Å². The second kappa shape index (κ2) is 8.73. The molecular formula is C22H25FN2O4S. The molecule has 0 saturated carbocycles. The lowest BCUT2D eigenvalue weighted by Gasteiger charge is -2.32. The fourth-order valence-electron chi connectivity index (χ4n) is 3.93. The zero-order valence-electron chi connectivity index (χ0n) is 16.7. The standard InChI is InChI=1S/C22H25FN2O4S/c23-18-6-8-19(9-7-18)29-20-10-14-24(15-11-20)22(26)17-4-3-5-21(16-17)30(27,28)25-12-1-2-13-25/h3-9,16,20H,1-2,10-15H2. The first kappa shape index (κ1) is 20.8. The second-order valence-electron chi connectivity index (χ2n) is 7.70. The number of sulfonamides is 1. The summed E-state index contributed by atoms with van der Waals surface area (Å²) in [5.74, 6) is 0.131. The van der Waals surface area contributed by atoms with E-state index in [1.54, 1.807) is 35.2 Å². The lowest BCUT2D eigenvalue weighted by molar-refractivity contribution is 0.0595. The third-order valence-electron chi connectivity index (χ3n) is 5.63. The summed E-state index contributed by atoms with van der Waals surface area (Å²) in [6, 6.07) is 12.2. The molecule has 2 fully saturated rings. The van der Waals surface area contributed by atoms with E-state index in [0.717, 1.165) is 12.8 Å². The Morgan fingerprint density at radius 1 is 0.967 bits per heavy atom. The lowest BCUT2D eigenvalue weighted by Crippen LogP contribution is -2.41. The van der Waals surface area contributed by atoms with Crippen LogP contribution in [0.2, 0.25) is 0 Å². The quantitative estimate of drug-likeness (QED) is 0.727. The van der Waals surface area contributed by atoms with Gasteiger partial charge in [0.15, 0.2) is 0 Å². The van der Waals surface area contributed by atoms with Crippen molar-refractivity contribution in [1.82, 2.24) is 9.21 Å². The minimum atomic E-state index is -3.56. The summed E-state index contributed by atoms with van der Waals surface area (Å²) >= 11 is 0. The number of hydrogen-bond acceptors (Lipinski definition) is 4. The van der Waals surface area contributed by atoms with Crippen molar-refractivity contribution < 1.29 is 22.3 Å². The van der Waals surface area contributed by atoms with E-state index in [4.69, 9.17) is 4.74 Å². The molecule has 0 atom stereocenters. The number of ether oxygens (including phenoxy) is 1. The Morgan fingerprint density at radius 3 is 2.30 bits per heavy atom. The minimum Gasteiger partial charge on any atom is -0.490 e. The number of carbonyl (C=O) groups excluding carboxylic acids is 1. The van der Waals surface area contributed by atoms with Crippen LogP contribution in [0.3, 0.4) is 0 Å². The molecule has 0 N–H and O–H groups in total. The number of carbonyl (C=O) groups is 1. The Kier molecular flexibility index (Phi) is 6.06. The van der Waals surface area contributed by atoms with Crippen molar-refractivity contribution in [3.63, 3.8) is 0 Å². The van der Waals surface area contributed by atoms with E-state index in [0.29, 0.717) is 50.3 Å². The van der Waals surface area contributed by atoms with Crippen molar-refractivity contribution >= 4 is 15.9 Å². The van der Waals surface area contributed by atoms with E-state index in [-0.39, 0.29) is 22.7 Å². The summed E-state index contributed by atoms with van der Waals surface area (Å²) in [6.07, 6.45) is 3.02. The monoisotopic (exact) mass is 432 g/mol. The minimum absolute atomic E-state index is 0.0404. The van der Waals surface area contributed by atoms with Gasteiger partial charge in [-0.3, -0.25) is 4.79 Å². The molecule has 2 aromatic carbocycles. The molecule has 8 heteroatoms. The summed E-state index contributed by atoms with van der Waals surface area (Å²) < 4.78 is 45.9. The molecule has 2 aromatic rings. The molecule has 0 bridgehead atoms. The molecule has 30 heavy (non-hydrogen) atoms. The van der Waals surface area contributed by atoms with Gasteiger partial charge in [-0.05, 0) is 55.3 Å². The Hall–Kier alpha value is -2.45. The van der Waals surface area contributed by atoms with Crippen LogP contribution in [0.25, 0.3) is 0 Å². The summed E-state index contributed by atoms with van der Waals surface area (Å²) in [7, 11) is -3.56. The van der Waals surface area contributed by atoms with E-state index in [2.05, 4.69) is 0 Å². The molecule has 0 unspecified atom stereocenters. The predicted octanol–water partition coefficient (Wildman–Crippen LogP) is 3.29. The topological polar surface area (TPSA) is 66.9 Å². The van der Waals surface area contributed by atoms with Crippen LogP contribution < -0.4 is 4.74 Å². The van der Waals surface area contributed by atoms with Gasteiger partial charge in [-0.2, -0.15) is 4.31 Å². The molecule has 4 rings (SSSR count). The van der Waals surface area contributed by atoms with Crippen LogP contribution in [0, 0.1) is 5.82 Å². The van der Waals surface area contributed by atoms with Crippen LogP contribution in [-0.4, -0.2) is 55.8 Å². The largest absolute Gasteiger partial charge is 0.490 e. The molecule has 2 saturated heterocycles. The van der Waals surface area contributed by atoms with Crippen LogP contribution in [0.5, 0.6) is 5.75 Å². The highest BCUT2D eigenvalue weighted by atomic mass is 32.2. The number of halogens is 1. The Labute approximate surface area is 176 Å². The Morgan fingerprint density at radius 2 is 1.63 bits per heavy atom. The van der Waals surface area contributed by atoms with Gasteiger partial charge >= 0.3 is 0 Å². The Balaban J connectivity index is 1.39. The summed E-state index contributed by atoms with van der Waals surface area (Å²) in [5, 5.41) is 0. The van der Waals surface area contributed by atoms with E-state index in [9.17, 15) is 17.6 Å². The molecule has 160 valence electrons. The van der Waals surface area contributed by atoms with Gasteiger partial charge in [-0.15, -0.1) is 0 Å². The summed E-state index contributed by atoms with van der Waals surface area (Å²) in [6.45, 7) is 2.10. The van der Waals surface area contributed by atoms with E-state index >= 15 is 0 Å². The molecule has 6 nitrogen and oxygen atoms in total. The van der Waals surface area contributed by atoms with Crippen LogP contribution in [-0.2, 0) is 10.0 Å². The third kappa shape index (κ3) is 4.49. The molecule has 2 heterocycles. The van der Waals surface area contributed by atoms with Crippen molar-refractivity contribution in [2.24, 2.45) is 0 Å². The number of amides is 1. The van der Waals surface area contributed by atoms with Gasteiger partial charge in [0.1, 0.15) is 17.7 Å². The molecule has 0 aromatic heterocycles. The molecule has 1 amide bonds. The van der Waals surface area contributed by atoms with Crippen molar-refractivity contribution in [3.8, 4) is 5.75 Å². The number of piperidine rings is 1. The molecule has 0 radical (unpaired) electrons. The van der Waals surface area contributed by atoms with Gasteiger partial charge < -0.3 is 9.64 Å². The highest BCUT2D eigenvalue weighted by Gasteiger charge is 2.29. The zero-order valence-corrected chi connectivity index (χ0v) is 17.5. The van der Waals surface area contributed by atoms with Crippen molar-refractivity contribution in [2.45, 2.75) is 36.7 Å². The highest BCUT2D eigenvalue weighted by Crippen LogP contribution is 2.24. The maximum absolute atomic E-state index is 13.0. The summed E-state index contributed by atoms with van der Waals surface area (Å²) in [4.78, 5) is 14.8. The van der Waals surface area contributed by atoms with Crippen molar-refractivity contribution in [2.75, 3.05) is 26.2 Å². The number of hydrogen-bond donors (Lipinski definition) is 0. The van der Waals surface area contributed by atoms with Crippen molar-refractivity contribution in [1.29, 1.82) is 0 Å². The molecular weight excluding hydrogens is 407 g/mol. The molecule has 2 aliphatic heterocycles. The number of benzene rings is 2. The first-order valence-corrected chi connectivity index (χ1v) is 11.7. The van der Waals surface area contributed by atoms with Gasteiger partial charge in [-0.1, -0.05) is 6.07 Å². The number of nitrogens with zero attached hydrogens (tertiary/aromatic N) is 2. The zero-order chi connectivity index (χ0) is 21.1. The Bertz CT molecular complexity index is 996. The highest BCUT2D eigenvalue weighted by molar-refractivity contribution is 7.89. The maximum Gasteiger partial charge on any atom is 0.253 e. The lowest BCUT2D eigenvalue weighted by atomic mass is 10.1. The fraction of sp³-hybridized carbons (Fsp3) is 0.409. The van der Waals surface area contributed by atoms with Gasteiger partial charge in [0.2, 0.25) is 10.0 Å². The molecule has 0 aliphatic carbocycles. The molecule has 2 aliphatic rings. The molecule has 0 spiro atoms. The normalized spacial score (nSPS) is 18.5. The van der Waals surface area contributed by atoms with Gasteiger partial charge in [0, 0.05) is 44.6 Å². The smallest absolute Gasteiger partial charge is 0.253 e. The van der Waals surface area contributed by atoms with Gasteiger partial charge in [0.05, 0.1) is 4.90 Å². The van der Waals surface area contributed by atoms with Gasteiger partial charge in [-0.25, -0.2) is 12.8 Å². The van der Waals surface area contributed by atoms with E-state index in [1.807, 2.05) is 0 Å².